The minimum absolute atomic E-state index is 0.351. The van der Waals surface area contributed by atoms with Gasteiger partial charge in [0.2, 0.25) is 0 Å². The molecule has 2 amide bonds. The van der Waals surface area contributed by atoms with Gasteiger partial charge in [-0.15, -0.1) is 11.3 Å². The van der Waals surface area contributed by atoms with Gasteiger partial charge in [0.05, 0.1) is 4.88 Å². The summed E-state index contributed by atoms with van der Waals surface area (Å²) in [6, 6.07) is 8.31. The average Bonchev–Trinajstić information content (AvgIpc) is 3.13. The summed E-state index contributed by atoms with van der Waals surface area (Å²) in [5.74, 6) is -0.768. The number of hydrogen-bond donors (Lipinski definition) is 3. The SMILES string of the molecule is O=C(NNC(=O)c1cccs1)c1ccc2n[nH]nc2c1. The molecule has 1 aromatic carbocycles. The summed E-state index contributed by atoms with van der Waals surface area (Å²) in [5, 5.41) is 12.0. The summed E-state index contributed by atoms with van der Waals surface area (Å²) >= 11 is 1.30. The van der Waals surface area contributed by atoms with Crippen LogP contribution in [0.25, 0.3) is 11.0 Å². The number of benzene rings is 1. The number of amides is 2. The molecule has 0 atom stereocenters. The van der Waals surface area contributed by atoms with E-state index in [0.29, 0.717) is 21.5 Å². The van der Waals surface area contributed by atoms with Crippen LogP contribution in [-0.4, -0.2) is 27.2 Å². The molecule has 0 aliphatic rings. The quantitative estimate of drug-likeness (QED) is 0.614. The van der Waals surface area contributed by atoms with Crippen molar-refractivity contribution < 1.29 is 9.59 Å². The molecule has 3 rings (SSSR count). The molecule has 0 radical (unpaired) electrons. The van der Waals surface area contributed by atoms with Crippen molar-refractivity contribution in [1.29, 1.82) is 0 Å². The van der Waals surface area contributed by atoms with E-state index in [1.165, 1.54) is 11.3 Å². The Balaban J connectivity index is 1.68. The highest BCUT2D eigenvalue weighted by Crippen LogP contribution is 2.10. The van der Waals surface area contributed by atoms with E-state index in [9.17, 15) is 9.59 Å². The van der Waals surface area contributed by atoms with E-state index in [1.54, 1.807) is 35.7 Å². The number of hydrogen-bond acceptors (Lipinski definition) is 5. The monoisotopic (exact) mass is 287 g/mol. The third-order valence-electron chi connectivity index (χ3n) is 2.61. The van der Waals surface area contributed by atoms with Gasteiger partial charge in [-0.05, 0) is 29.6 Å². The predicted molar refractivity (Wildman–Crippen MR) is 73.1 cm³/mol. The third kappa shape index (κ3) is 2.36. The normalized spacial score (nSPS) is 10.4. The topological polar surface area (TPSA) is 99.8 Å². The Morgan fingerprint density at radius 3 is 2.65 bits per heavy atom. The summed E-state index contributed by atoms with van der Waals surface area (Å²) in [6.07, 6.45) is 0. The Hall–Kier alpha value is -2.74. The molecule has 0 spiro atoms. The molecular weight excluding hydrogens is 278 g/mol. The molecule has 0 aliphatic heterocycles. The molecule has 0 unspecified atom stereocenters. The van der Waals surface area contributed by atoms with Crippen LogP contribution in [0, 0.1) is 0 Å². The van der Waals surface area contributed by atoms with Crippen LogP contribution in [0.4, 0.5) is 0 Å². The number of aromatic amines is 1. The predicted octanol–water partition coefficient (Wildman–Crippen LogP) is 1.09. The van der Waals surface area contributed by atoms with Gasteiger partial charge in [-0.2, -0.15) is 15.4 Å². The van der Waals surface area contributed by atoms with E-state index in [4.69, 9.17) is 0 Å². The molecule has 0 saturated heterocycles. The van der Waals surface area contributed by atoms with Crippen molar-refractivity contribution in [2.75, 3.05) is 0 Å². The smallest absolute Gasteiger partial charge is 0.267 e. The maximum atomic E-state index is 11.9. The fraction of sp³-hybridized carbons (Fsp3) is 0. The van der Waals surface area contributed by atoms with Crippen molar-refractivity contribution in [1.82, 2.24) is 26.3 Å². The van der Waals surface area contributed by atoms with Crippen LogP contribution in [-0.2, 0) is 0 Å². The molecule has 7 nitrogen and oxygen atoms in total. The number of carbonyl (C=O) groups excluding carboxylic acids is 2. The fourth-order valence-electron chi connectivity index (χ4n) is 1.64. The van der Waals surface area contributed by atoms with Gasteiger partial charge in [0, 0.05) is 5.56 Å². The number of H-pyrrole nitrogens is 1. The molecule has 100 valence electrons. The summed E-state index contributed by atoms with van der Waals surface area (Å²) in [6.45, 7) is 0. The lowest BCUT2D eigenvalue weighted by Crippen LogP contribution is -2.41. The average molecular weight is 287 g/mol. The first-order valence-electron chi connectivity index (χ1n) is 5.69. The Morgan fingerprint density at radius 2 is 1.85 bits per heavy atom. The molecule has 3 N–H and O–H groups in total. The number of hydrazine groups is 1. The maximum absolute atomic E-state index is 11.9. The fourth-order valence-corrected chi connectivity index (χ4v) is 2.26. The molecule has 2 aromatic heterocycles. The van der Waals surface area contributed by atoms with Gasteiger partial charge in [0.1, 0.15) is 11.0 Å². The van der Waals surface area contributed by atoms with E-state index in [2.05, 4.69) is 26.3 Å². The van der Waals surface area contributed by atoms with Crippen molar-refractivity contribution in [3.8, 4) is 0 Å². The van der Waals surface area contributed by atoms with Crippen molar-refractivity contribution in [2.45, 2.75) is 0 Å². The summed E-state index contributed by atoms with van der Waals surface area (Å²) in [5.41, 5.74) is 6.35. The highest BCUT2D eigenvalue weighted by atomic mass is 32.1. The Bertz CT molecular complexity index is 765. The van der Waals surface area contributed by atoms with Crippen LogP contribution in [0.15, 0.2) is 35.7 Å². The first-order chi connectivity index (χ1) is 9.74. The van der Waals surface area contributed by atoms with Gasteiger partial charge in [0.15, 0.2) is 0 Å². The van der Waals surface area contributed by atoms with Crippen LogP contribution < -0.4 is 10.9 Å². The van der Waals surface area contributed by atoms with Gasteiger partial charge >= 0.3 is 0 Å². The zero-order valence-corrected chi connectivity index (χ0v) is 10.9. The number of rotatable bonds is 2. The molecular formula is C12H9N5O2S. The van der Waals surface area contributed by atoms with E-state index in [1.807, 2.05) is 0 Å². The number of nitrogens with zero attached hydrogens (tertiary/aromatic N) is 2. The zero-order valence-electron chi connectivity index (χ0n) is 10.1. The lowest BCUT2D eigenvalue weighted by molar-refractivity contribution is 0.0849. The second-order valence-electron chi connectivity index (χ2n) is 3.91. The highest BCUT2D eigenvalue weighted by Gasteiger charge is 2.10. The largest absolute Gasteiger partial charge is 0.279 e. The second-order valence-corrected chi connectivity index (χ2v) is 4.86. The third-order valence-corrected chi connectivity index (χ3v) is 3.48. The van der Waals surface area contributed by atoms with Crippen molar-refractivity contribution in [3.05, 3.63) is 46.2 Å². The Morgan fingerprint density at radius 1 is 1.05 bits per heavy atom. The molecule has 0 fully saturated rings. The number of aromatic nitrogens is 3. The number of carbonyl (C=O) groups is 2. The van der Waals surface area contributed by atoms with Crippen molar-refractivity contribution >= 4 is 34.2 Å². The number of fused-ring (bicyclic) bond motifs is 1. The number of nitrogens with one attached hydrogen (secondary N) is 3. The van der Waals surface area contributed by atoms with Crippen LogP contribution in [0.3, 0.4) is 0 Å². The Labute approximate surface area is 117 Å². The van der Waals surface area contributed by atoms with Crippen LogP contribution in [0.2, 0.25) is 0 Å². The first kappa shape index (κ1) is 12.3. The molecule has 2 heterocycles. The lowest BCUT2D eigenvalue weighted by atomic mass is 10.2. The van der Waals surface area contributed by atoms with Gasteiger partial charge in [-0.3, -0.25) is 20.4 Å². The summed E-state index contributed by atoms with van der Waals surface area (Å²) in [7, 11) is 0. The number of thiophene rings is 1. The molecule has 0 saturated carbocycles. The maximum Gasteiger partial charge on any atom is 0.279 e. The van der Waals surface area contributed by atoms with Crippen molar-refractivity contribution in [3.63, 3.8) is 0 Å². The molecule has 20 heavy (non-hydrogen) atoms. The van der Waals surface area contributed by atoms with Gasteiger partial charge < -0.3 is 0 Å². The molecule has 0 bridgehead atoms. The standard InChI is InChI=1S/C12H9N5O2S/c18-11(15-16-12(19)10-2-1-5-20-10)7-3-4-8-9(6-7)14-17-13-8/h1-6H,(H,15,18)(H,16,19)(H,13,14,17). The van der Waals surface area contributed by atoms with Gasteiger partial charge in [0.25, 0.3) is 11.8 Å². The van der Waals surface area contributed by atoms with E-state index >= 15 is 0 Å². The van der Waals surface area contributed by atoms with E-state index in [0.717, 1.165) is 0 Å². The van der Waals surface area contributed by atoms with Crippen LogP contribution in [0.1, 0.15) is 20.0 Å². The lowest BCUT2D eigenvalue weighted by Gasteiger charge is -2.05. The summed E-state index contributed by atoms with van der Waals surface area (Å²) < 4.78 is 0. The second kappa shape index (κ2) is 5.10. The van der Waals surface area contributed by atoms with E-state index in [-0.39, 0.29) is 5.91 Å². The molecule has 8 heteroatoms. The minimum atomic E-state index is -0.417. The van der Waals surface area contributed by atoms with Crippen LogP contribution in [0.5, 0.6) is 0 Å². The molecule has 0 aliphatic carbocycles. The first-order valence-corrected chi connectivity index (χ1v) is 6.57. The highest BCUT2D eigenvalue weighted by molar-refractivity contribution is 7.12. The van der Waals surface area contributed by atoms with Gasteiger partial charge in [-0.1, -0.05) is 6.07 Å². The van der Waals surface area contributed by atoms with Crippen molar-refractivity contribution in [2.24, 2.45) is 0 Å². The minimum Gasteiger partial charge on any atom is -0.267 e. The van der Waals surface area contributed by atoms with Crippen LogP contribution >= 0.6 is 11.3 Å². The van der Waals surface area contributed by atoms with Gasteiger partial charge in [-0.25, -0.2) is 0 Å². The van der Waals surface area contributed by atoms with E-state index < -0.39 is 5.91 Å². The summed E-state index contributed by atoms with van der Waals surface area (Å²) in [4.78, 5) is 24.1. The zero-order chi connectivity index (χ0) is 13.9. The molecule has 3 aromatic rings. The Kier molecular flexibility index (Phi) is 3.13.